The predicted molar refractivity (Wildman–Crippen MR) is 61.9 cm³/mol. The molecule has 14 heavy (non-hydrogen) atoms. The first-order chi connectivity index (χ1) is 6.69. The second-order valence-electron chi connectivity index (χ2n) is 3.78. The summed E-state index contributed by atoms with van der Waals surface area (Å²) in [5.41, 5.74) is 5.02. The van der Waals surface area contributed by atoms with Crippen LogP contribution in [0.3, 0.4) is 0 Å². The summed E-state index contributed by atoms with van der Waals surface area (Å²) in [5.74, 6) is 0.726. The second-order valence-corrected chi connectivity index (χ2v) is 5.82. The van der Waals surface area contributed by atoms with Gasteiger partial charge in [-0.05, 0) is 25.2 Å². The van der Waals surface area contributed by atoms with E-state index in [0.29, 0.717) is 5.92 Å². The van der Waals surface area contributed by atoms with Crippen LogP contribution in [-0.2, 0) is 4.79 Å². The standard InChI is InChI=1S/C6H11NO.C3H6OS2/c1-2-4-3-5(4)6(7)8;4-6-5-3-1-2-3/h4-5H,2-3H2,1H3,(H2,7,8);3-4H,1-2H2/t4-,5+;/m1./s1. The van der Waals surface area contributed by atoms with E-state index in [2.05, 4.69) is 6.92 Å². The maximum Gasteiger partial charge on any atom is 0.220 e. The summed E-state index contributed by atoms with van der Waals surface area (Å²) in [4.78, 5) is 10.4. The predicted octanol–water partition coefficient (Wildman–Crippen LogP) is 2.52. The molecule has 1 amide bonds. The first kappa shape index (κ1) is 12.2. The molecule has 0 aliphatic heterocycles. The first-order valence-electron chi connectivity index (χ1n) is 4.95. The Kier molecular flexibility index (Phi) is 5.12. The van der Waals surface area contributed by atoms with Gasteiger partial charge in [-0.2, -0.15) is 0 Å². The van der Waals surface area contributed by atoms with Crippen LogP contribution in [0.2, 0.25) is 0 Å². The van der Waals surface area contributed by atoms with Crippen molar-refractivity contribution in [3.8, 4) is 0 Å². The van der Waals surface area contributed by atoms with Gasteiger partial charge in [0.25, 0.3) is 0 Å². The van der Waals surface area contributed by atoms with Crippen LogP contribution in [0, 0.1) is 11.8 Å². The molecule has 0 aromatic carbocycles. The van der Waals surface area contributed by atoms with Crippen molar-refractivity contribution in [2.75, 3.05) is 0 Å². The molecule has 0 bridgehead atoms. The number of amides is 1. The largest absolute Gasteiger partial charge is 0.369 e. The minimum atomic E-state index is -0.114. The Morgan fingerprint density at radius 1 is 1.57 bits per heavy atom. The molecule has 5 heteroatoms. The van der Waals surface area contributed by atoms with Crippen LogP contribution in [0.5, 0.6) is 0 Å². The first-order valence-corrected chi connectivity index (χ1v) is 7.12. The summed E-state index contributed by atoms with van der Waals surface area (Å²) < 4.78 is 8.16. The van der Waals surface area contributed by atoms with Crippen LogP contribution in [-0.4, -0.2) is 15.7 Å². The van der Waals surface area contributed by atoms with E-state index in [1.807, 2.05) is 0 Å². The molecule has 2 aliphatic carbocycles. The van der Waals surface area contributed by atoms with Gasteiger partial charge in [-0.25, -0.2) is 0 Å². The van der Waals surface area contributed by atoms with Gasteiger partial charge < -0.3 is 10.3 Å². The van der Waals surface area contributed by atoms with Crippen molar-refractivity contribution in [1.82, 2.24) is 0 Å². The third-order valence-corrected chi connectivity index (χ3v) is 4.42. The molecule has 2 fully saturated rings. The molecule has 82 valence electrons. The molecule has 0 aromatic heterocycles. The fourth-order valence-electron chi connectivity index (χ4n) is 1.27. The number of carbonyl (C=O) groups is 1. The molecule has 3 N–H and O–H groups in total. The smallest absolute Gasteiger partial charge is 0.220 e. The second kappa shape index (κ2) is 5.88. The average molecular weight is 235 g/mol. The van der Waals surface area contributed by atoms with Crippen LogP contribution in [0.15, 0.2) is 0 Å². The maximum atomic E-state index is 10.4. The van der Waals surface area contributed by atoms with Crippen LogP contribution in [0.4, 0.5) is 0 Å². The number of carbonyl (C=O) groups excluding carboxylic acids is 1. The fraction of sp³-hybridized carbons (Fsp3) is 0.889. The van der Waals surface area contributed by atoms with Crippen molar-refractivity contribution in [2.45, 2.75) is 37.9 Å². The van der Waals surface area contributed by atoms with Gasteiger partial charge in [0.05, 0.1) is 11.1 Å². The molecule has 2 atom stereocenters. The molecular formula is C9H17NO2S2. The minimum absolute atomic E-state index is 0.114. The highest BCUT2D eigenvalue weighted by Crippen LogP contribution is 2.40. The Hall–Kier alpha value is 0.130. The van der Waals surface area contributed by atoms with Crippen LogP contribution in [0.1, 0.15) is 32.6 Å². The van der Waals surface area contributed by atoms with Gasteiger partial charge in [0.2, 0.25) is 5.91 Å². The summed E-state index contributed by atoms with van der Waals surface area (Å²) >= 11 is 0.889. The fourth-order valence-corrected chi connectivity index (χ4v) is 2.67. The molecule has 3 nitrogen and oxygen atoms in total. The number of hydrogen-bond donors (Lipinski definition) is 2. The van der Waals surface area contributed by atoms with Gasteiger partial charge in [-0.3, -0.25) is 4.79 Å². The molecular weight excluding hydrogens is 218 g/mol. The van der Waals surface area contributed by atoms with Crippen molar-refractivity contribution in [3.63, 3.8) is 0 Å². The monoisotopic (exact) mass is 235 g/mol. The van der Waals surface area contributed by atoms with E-state index in [4.69, 9.17) is 10.3 Å². The van der Waals surface area contributed by atoms with Gasteiger partial charge in [-0.1, -0.05) is 24.1 Å². The normalized spacial score (nSPS) is 29.0. The number of primary amides is 1. The van der Waals surface area contributed by atoms with Gasteiger partial charge in [0.1, 0.15) is 0 Å². The van der Waals surface area contributed by atoms with E-state index < -0.39 is 0 Å². The van der Waals surface area contributed by atoms with Gasteiger partial charge in [-0.15, -0.1) is 0 Å². The summed E-state index contributed by atoms with van der Waals surface area (Å²) in [7, 11) is 1.57. The Balaban J connectivity index is 0.000000146. The number of nitrogens with two attached hydrogens (primary N) is 1. The molecule has 2 saturated carbocycles. The lowest BCUT2D eigenvalue weighted by Gasteiger charge is -1.86. The lowest BCUT2D eigenvalue weighted by Crippen LogP contribution is -2.13. The Morgan fingerprint density at radius 2 is 2.21 bits per heavy atom. The van der Waals surface area contributed by atoms with E-state index in [1.165, 1.54) is 12.8 Å². The topological polar surface area (TPSA) is 63.3 Å². The zero-order chi connectivity index (χ0) is 10.6. The van der Waals surface area contributed by atoms with Crippen molar-refractivity contribution in [1.29, 1.82) is 0 Å². The SMILES string of the molecule is CC[C@@H]1C[C@@H]1C(N)=O.OSSC1CC1. The lowest BCUT2D eigenvalue weighted by atomic mass is 10.2. The zero-order valence-corrected chi connectivity index (χ0v) is 9.94. The minimum Gasteiger partial charge on any atom is -0.369 e. The van der Waals surface area contributed by atoms with Crippen molar-refractivity contribution >= 4 is 27.8 Å². The number of rotatable bonds is 4. The summed E-state index contributed by atoms with van der Waals surface area (Å²) in [5, 5.41) is 0.778. The molecule has 0 saturated heterocycles. The summed E-state index contributed by atoms with van der Waals surface area (Å²) in [6, 6.07) is 0. The molecule has 0 radical (unpaired) electrons. The molecule has 0 aromatic rings. The van der Waals surface area contributed by atoms with E-state index in [1.54, 1.807) is 10.8 Å². The molecule has 0 heterocycles. The van der Waals surface area contributed by atoms with Gasteiger partial charge in [0.15, 0.2) is 0 Å². The van der Waals surface area contributed by atoms with Gasteiger partial charge in [0, 0.05) is 11.2 Å². The lowest BCUT2D eigenvalue weighted by molar-refractivity contribution is -0.119. The van der Waals surface area contributed by atoms with Crippen molar-refractivity contribution < 1.29 is 9.35 Å². The summed E-state index contributed by atoms with van der Waals surface area (Å²) in [6.07, 6.45) is 4.75. The molecule has 0 spiro atoms. The highest BCUT2D eigenvalue weighted by molar-refractivity contribution is 8.74. The number of hydrogen-bond acceptors (Lipinski definition) is 4. The zero-order valence-electron chi connectivity index (χ0n) is 8.31. The Morgan fingerprint density at radius 3 is 2.36 bits per heavy atom. The van der Waals surface area contributed by atoms with E-state index in [0.717, 1.165) is 29.2 Å². The van der Waals surface area contributed by atoms with Crippen molar-refractivity contribution in [3.05, 3.63) is 0 Å². The Bertz CT molecular complexity index is 197. The summed E-state index contributed by atoms with van der Waals surface area (Å²) in [6.45, 7) is 2.09. The van der Waals surface area contributed by atoms with E-state index >= 15 is 0 Å². The maximum absolute atomic E-state index is 10.4. The Labute approximate surface area is 92.8 Å². The average Bonchev–Trinajstić information content (AvgIpc) is 3.01. The van der Waals surface area contributed by atoms with E-state index in [-0.39, 0.29) is 11.8 Å². The third kappa shape index (κ3) is 4.57. The van der Waals surface area contributed by atoms with Crippen LogP contribution < -0.4 is 5.73 Å². The third-order valence-electron chi connectivity index (χ3n) is 2.52. The van der Waals surface area contributed by atoms with Crippen LogP contribution >= 0.6 is 21.9 Å². The molecule has 2 aliphatic rings. The van der Waals surface area contributed by atoms with E-state index in [9.17, 15) is 4.79 Å². The molecule has 0 unspecified atom stereocenters. The highest BCUT2D eigenvalue weighted by Gasteiger charge is 2.39. The van der Waals surface area contributed by atoms with Crippen LogP contribution in [0.25, 0.3) is 0 Å². The quantitative estimate of drug-likeness (QED) is 0.580. The molecule has 2 rings (SSSR count). The van der Waals surface area contributed by atoms with Crippen molar-refractivity contribution in [2.24, 2.45) is 17.6 Å². The highest BCUT2D eigenvalue weighted by atomic mass is 33.1. The van der Waals surface area contributed by atoms with Gasteiger partial charge >= 0.3 is 0 Å².